The quantitative estimate of drug-likeness (QED) is 0.143. The summed E-state index contributed by atoms with van der Waals surface area (Å²) in [5.41, 5.74) is 28.8. The fraction of sp³-hybridized carbons (Fsp3) is 0.0769. The van der Waals surface area contributed by atoms with Gasteiger partial charge in [-0.25, -0.2) is 0 Å². The molecule has 0 heteroatoms. The van der Waals surface area contributed by atoms with Crippen molar-refractivity contribution in [1.29, 1.82) is 0 Å². The SMILES string of the molecule is c1ccc2c(c1)Cc1ccccc1-2.c1ccc2c(c1)Cc1ccccc1-2.c1ccc2c(c1)Cc1ccccc1-2.c1ccc2c(c1)Cc1ccccc1-2.c1ccc2c(c1)Cc1ccccc1-2. The van der Waals surface area contributed by atoms with Crippen molar-refractivity contribution in [3.8, 4) is 55.6 Å². The zero-order chi connectivity index (χ0) is 43.4. The summed E-state index contributed by atoms with van der Waals surface area (Å²) in [4.78, 5) is 0. The average Bonchev–Trinajstić information content (AvgIpc) is 4.21. The zero-order valence-corrected chi connectivity index (χ0v) is 36.6. The highest BCUT2D eigenvalue weighted by Gasteiger charge is 2.19. The monoisotopic (exact) mass is 830 g/mol. The lowest BCUT2D eigenvalue weighted by molar-refractivity contribution is 1.26. The Labute approximate surface area is 384 Å². The van der Waals surface area contributed by atoms with Gasteiger partial charge in [0.2, 0.25) is 0 Å². The van der Waals surface area contributed by atoms with Gasteiger partial charge in [-0.15, -0.1) is 0 Å². The van der Waals surface area contributed by atoms with E-state index >= 15 is 0 Å². The molecule has 0 fully saturated rings. The van der Waals surface area contributed by atoms with Gasteiger partial charge in [-0.3, -0.25) is 0 Å². The first kappa shape index (κ1) is 40.0. The Morgan fingerprint density at radius 2 is 0.215 bits per heavy atom. The molecule has 5 aliphatic rings. The molecule has 0 radical (unpaired) electrons. The minimum Gasteiger partial charge on any atom is -0.0619 e. The standard InChI is InChI=1S/5C13H10/c5*1-3-7-12-10(5-1)9-11-6-2-4-8-13(11)12/h5*1-8H,9H2. The molecule has 0 unspecified atom stereocenters. The van der Waals surface area contributed by atoms with E-state index in [0.29, 0.717) is 0 Å². The molecule has 15 rings (SSSR count). The van der Waals surface area contributed by atoms with Crippen molar-refractivity contribution < 1.29 is 0 Å². The molecule has 65 heavy (non-hydrogen) atoms. The van der Waals surface area contributed by atoms with Crippen LogP contribution < -0.4 is 0 Å². The second-order valence-corrected chi connectivity index (χ2v) is 17.5. The van der Waals surface area contributed by atoms with Crippen molar-refractivity contribution in [2.24, 2.45) is 0 Å². The van der Waals surface area contributed by atoms with Gasteiger partial charge in [-0.05, 0) is 143 Å². The maximum absolute atomic E-state index is 2.22. The van der Waals surface area contributed by atoms with Crippen LogP contribution in [0.15, 0.2) is 243 Å². The third kappa shape index (κ3) is 8.16. The van der Waals surface area contributed by atoms with Crippen LogP contribution in [0.25, 0.3) is 55.6 Å². The average molecular weight is 831 g/mol. The first-order valence-electron chi connectivity index (χ1n) is 23.1. The number of hydrogen-bond acceptors (Lipinski definition) is 0. The molecule has 5 aliphatic carbocycles. The van der Waals surface area contributed by atoms with Gasteiger partial charge in [0.25, 0.3) is 0 Å². The summed E-state index contributed by atoms with van der Waals surface area (Å²) in [7, 11) is 0. The number of rotatable bonds is 0. The molecule has 0 atom stereocenters. The summed E-state index contributed by atoms with van der Waals surface area (Å²) < 4.78 is 0. The second kappa shape index (κ2) is 18.1. The lowest BCUT2D eigenvalue weighted by Gasteiger charge is -1.98. The Balaban J connectivity index is 0.0000000901. The molecule has 0 aromatic heterocycles. The molecule has 0 saturated heterocycles. The molecule has 10 aromatic carbocycles. The van der Waals surface area contributed by atoms with E-state index in [-0.39, 0.29) is 0 Å². The number of hydrogen-bond donors (Lipinski definition) is 0. The normalized spacial score (nSPS) is 12.3. The summed E-state index contributed by atoms with van der Waals surface area (Å²) in [6.07, 6.45) is 5.52. The van der Waals surface area contributed by atoms with Crippen molar-refractivity contribution in [3.63, 3.8) is 0 Å². The summed E-state index contributed by atoms with van der Waals surface area (Å²) in [5, 5.41) is 0. The lowest BCUT2D eigenvalue weighted by atomic mass is 10.1. The van der Waals surface area contributed by atoms with E-state index < -0.39 is 0 Å². The van der Waals surface area contributed by atoms with Gasteiger partial charge < -0.3 is 0 Å². The molecule has 0 nitrogen and oxygen atoms in total. The first-order valence-corrected chi connectivity index (χ1v) is 23.1. The molecule has 10 aromatic rings. The van der Waals surface area contributed by atoms with Crippen LogP contribution in [0, 0.1) is 0 Å². The highest BCUT2D eigenvalue weighted by atomic mass is 14.2. The van der Waals surface area contributed by atoms with E-state index in [9.17, 15) is 0 Å². The fourth-order valence-corrected chi connectivity index (χ4v) is 10.4. The molecule has 310 valence electrons. The van der Waals surface area contributed by atoms with Crippen molar-refractivity contribution in [2.45, 2.75) is 32.1 Å². The molecule has 0 saturated carbocycles. The molecular weight excluding hydrogens is 781 g/mol. The predicted molar refractivity (Wildman–Crippen MR) is 273 cm³/mol. The summed E-state index contributed by atoms with van der Waals surface area (Å²) in [5.74, 6) is 0. The van der Waals surface area contributed by atoms with Crippen molar-refractivity contribution in [3.05, 3.63) is 298 Å². The lowest BCUT2D eigenvalue weighted by Crippen LogP contribution is -1.77. The van der Waals surface area contributed by atoms with Gasteiger partial charge in [0.05, 0.1) is 0 Å². The van der Waals surface area contributed by atoms with Gasteiger partial charge in [-0.2, -0.15) is 0 Å². The van der Waals surface area contributed by atoms with Gasteiger partial charge in [0, 0.05) is 0 Å². The minimum atomic E-state index is 1.10. The third-order valence-corrected chi connectivity index (χ3v) is 13.5. The van der Waals surface area contributed by atoms with Crippen LogP contribution in [0.4, 0.5) is 0 Å². The van der Waals surface area contributed by atoms with Crippen LogP contribution in [-0.2, 0) is 32.1 Å². The van der Waals surface area contributed by atoms with E-state index in [1.165, 1.54) is 111 Å². The van der Waals surface area contributed by atoms with Gasteiger partial charge in [0.15, 0.2) is 0 Å². The molecule has 0 amide bonds. The molecule has 0 spiro atoms. The maximum atomic E-state index is 2.22. The summed E-state index contributed by atoms with van der Waals surface area (Å²) in [6, 6.07) is 86.5. The smallest absolute Gasteiger partial charge is 0.00135 e. The topological polar surface area (TPSA) is 0 Å². The van der Waals surface area contributed by atoms with Crippen LogP contribution in [0.5, 0.6) is 0 Å². The number of benzene rings is 10. The van der Waals surface area contributed by atoms with Gasteiger partial charge in [-0.1, -0.05) is 243 Å². The second-order valence-electron chi connectivity index (χ2n) is 17.5. The Kier molecular flexibility index (Phi) is 11.2. The van der Waals surface area contributed by atoms with Gasteiger partial charge >= 0.3 is 0 Å². The van der Waals surface area contributed by atoms with E-state index in [1.54, 1.807) is 0 Å². The molecule has 0 aliphatic heterocycles. The van der Waals surface area contributed by atoms with Crippen molar-refractivity contribution in [1.82, 2.24) is 0 Å². The summed E-state index contributed by atoms with van der Waals surface area (Å²) in [6.45, 7) is 0. The van der Waals surface area contributed by atoms with Crippen molar-refractivity contribution in [2.75, 3.05) is 0 Å². The van der Waals surface area contributed by atoms with Crippen LogP contribution in [0.3, 0.4) is 0 Å². The zero-order valence-electron chi connectivity index (χ0n) is 36.6. The third-order valence-electron chi connectivity index (χ3n) is 13.5. The molecule has 0 N–H and O–H groups in total. The first-order chi connectivity index (χ1) is 32.2. The minimum absolute atomic E-state index is 1.10. The van der Waals surface area contributed by atoms with Crippen LogP contribution in [-0.4, -0.2) is 0 Å². The molecule has 0 bridgehead atoms. The van der Waals surface area contributed by atoms with Crippen LogP contribution in [0.1, 0.15) is 55.6 Å². The highest BCUT2D eigenvalue weighted by molar-refractivity contribution is 5.80. The van der Waals surface area contributed by atoms with E-state index in [2.05, 4.69) is 243 Å². The van der Waals surface area contributed by atoms with E-state index in [4.69, 9.17) is 0 Å². The predicted octanol–water partition coefficient (Wildman–Crippen LogP) is 16.3. The van der Waals surface area contributed by atoms with Crippen LogP contribution >= 0.6 is 0 Å². The Bertz CT molecular complexity index is 2570. The summed E-state index contributed by atoms with van der Waals surface area (Å²) >= 11 is 0. The Morgan fingerprint density at radius 1 is 0.123 bits per heavy atom. The fourth-order valence-electron chi connectivity index (χ4n) is 10.4. The van der Waals surface area contributed by atoms with E-state index in [0.717, 1.165) is 32.1 Å². The van der Waals surface area contributed by atoms with Crippen molar-refractivity contribution >= 4 is 0 Å². The largest absolute Gasteiger partial charge is 0.0619 e. The molecule has 0 heterocycles. The maximum Gasteiger partial charge on any atom is -0.00135 e. The number of fused-ring (bicyclic) bond motifs is 15. The molecular formula is C65H50. The Hall–Kier alpha value is -7.80. The van der Waals surface area contributed by atoms with Crippen LogP contribution in [0.2, 0.25) is 0 Å². The Morgan fingerprint density at radius 3 is 0.323 bits per heavy atom. The van der Waals surface area contributed by atoms with Gasteiger partial charge in [0.1, 0.15) is 0 Å². The highest BCUT2D eigenvalue weighted by Crippen LogP contribution is 2.39. The van der Waals surface area contributed by atoms with E-state index in [1.807, 2.05) is 0 Å².